The third-order valence-electron chi connectivity index (χ3n) is 4.06. The van der Waals surface area contributed by atoms with E-state index in [1.54, 1.807) is 11.3 Å². The number of amides is 1. The molecular weight excluding hydrogens is 396 g/mol. The molecule has 0 atom stereocenters. The number of unbranched alkanes of at least 4 members (excludes halogenated alkanes) is 1. The van der Waals surface area contributed by atoms with Gasteiger partial charge in [-0.3, -0.25) is 4.79 Å². The van der Waals surface area contributed by atoms with Gasteiger partial charge in [-0.25, -0.2) is 0 Å². The van der Waals surface area contributed by atoms with Crippen molar-refractivity contribution in [1.82, 2.24) is 20.4 Å². The molecule has 2 heterocycles. The third kappa shape index (κ3) is 5.78. The SMILES string of the molecule is CNc1nnc(CCCCc2nnc(NC(=O)Cc3ccccc3CO)s2)s1. The molecule has 3 aromatic rings. The number of carbonyl (C=O) groups excluding carboxylic acids is 1. The van der Waals surface area contributed by atoms with E-state index >= 15 is 0 Å². The number of rotatable bonds is 10. The molecule has 0 bridgehead atoms. The molecule has 0 radical (unpaired) electrons. The molecule has 0 saturated carbocycles. The summed E-state index contributed by atoms with van der Waals surface area (Å²) in [5, 5.41) is 34.8. The van der Waals surface area contributed by atoms with Crippen LogP contribution in [0.15, 0.2) is 24.3 Å². The summed E-state index contributed by atoms with van der Waals surface area (Å²) < 4.78 is 0. The van der Waals surface area contributed by atoms with Crippen LogP contribution in [0.5, 0.6) is 0 Å². The zero-order valence-electron chi connectivity index (χ0n) is 15.5. The predicted octanol–water partition coefficient (Wildman–Crippen LogP) is 2.67. The van der Waals surface area contributed by atoms with Crippen molar-refractivity contribution in [3.8, 4) is 0 Å². The summed E-state index contributed by atoms with van der Waals surface area (Å²) in [7, 11) is 1.83. The smallest absolute Gasteiger partial charge is 0.230 e. The van der Waals surface area contributed by atoms with Crippen molar-refractivity contribution in [1.29, 1.82) is 0 Å². The highest BCUT2D eigenvalue weighted by Crippen LogP contribution is 2.20. The standard InChI is InChI=1S/C18H22N6O2S2/c1-19-17-23-21-15(27-17)8-4-5-9-16-22-24-18(28-16)20-14(26)10-12-6-2-3-7-13(12)11-25/h2-3,6-7,25H,4-5,8-11H2,1H3,(H,19,23)(H,20,24,26). The molecule has 1 amide bonds. The quantitative estimate of drug-likeness (QED) is 0.434. The van der Waals surface area contributed by atoms with Crippen LogP contribution >= 0.6 is 22.7 Å². The number of aromatic nitrogens is 4. The second kappa shape index (κ2) is 10.2. The Bertz CT molecular complexity index is 911. The van der Waals surface area contributed by atoms with Gasteiger partial charge in [0.2, 0.25) is 16.2 Å². The normalized spacial score (nSPS) is 10.8. The number of aliphatic hydroxyl groups excluding tert-OH is 1. The fourth-order valence-corrected chi connectivity index (χ4v) is 4.17. The molecule has 8 nitrogen and oxygen atoms in total. The lowest BCUT2D eigenvalue weighted by atomic mass is 10.1. The van der Waals surface area contributed by atoms with E-state index in [2.05, 4.69) is 31.0 Å². The van der Waals surface area contributed by atoms with Crippen LogP contribution in [-0.4, -0.2) is 38.5 Å². The minimum absolute atomic E-state index is 0.0836. The molecule has 3 rings (SSSR count). The lowest BCUT2D eigenvalue weighted by Crippen LogP contribution is -2.15. The number of anilines is 2. The van der Waals surface area contributed by atoms with Gasteiger partial charge in [0.1, 0.15) is 10.0 Å². The number of hydrogen-bond acceptors (Lipinski definition) is 9. The maximum Gasteiger partial charge on any atom is 0.230 e. The monoisotopic (exact) mass is 418 g/mol. The molecule has 10 heteroatoms. The van der Waals surface area contributed by atoms with Crippen LogP contribution in [0.3, 0.4) is 0 Å². The minimum Gasteiger partial charge on any atom is -0.392 e. The van der Waals surface area contributed by atoms with Gasteiger partial charge in [-0.15, -0.1) is 20.4 Å². The predicted molar refractivity (Wildman–Crippen MR) is 111 cm³/mol. The van der Waals surface area contributed by atoms with Gasteiger partial charge in [-0.1, -0.05) is 46.9 Å². The van der Waals surface area contributed by atoms with Gasteiger partial charge in [0.15, 0.2) is 0 Å². The largest absolute Gasteiger partial charge is 0.392 e. The van der Waals surface area contributed by atoms with Gasteiger partial charge in [0.25, 0.3) is 0 Å². The van der Waals surface area contributed by atoms with Crippen LogP contribution in [0.4, 0.5) is 10.3 Å². The lowest BCUT2D eigenvalue weighted by Gasteiger charge is -2.06. The molecule has 148 valence electrons. The molecule has 2 aromatic heterocycles. The number of benzene rings is 1. The van der Waals surface area contributed by atoms with E-state index in [1.807, 2.05) is 31.3 Å². The fraction of sp³-hybridized carbons (Fsp3) is 0.389. The summed E-state index contributed by atoms with van der Waals surface area (Å²) >= 11 is 2.97. The van der Waals surface area contributed by atoms with Crippen molar-refractivity contribution >= 4 is 38.8 Å². The minimum atomic E-state index is -0.166. The lowest BCUT2D eigenvalue weighted by molar-refractivity contribution is -0.115. The van der Waals surface area contributed by atoms with Crippen LogP contribution < -0.4 is 10.6 Å². The molecule has 0 fully saturated rings. The van der Waals surface area contributed by atoms with Crippen molar-refractivity contribution in [3.63, 3.8) is 0 Å². The highest BCUT2D eigenvalue weighted by atomic mass is 32.1. The van der Waals surface area contributed by atoms with Gasteiger partial charge in [0, 0.05) is 19.9 Å². The van der Waals surface area contributed by atoms with Gasteiger partial charge < -0.3 is 15.7 Å². The van der Waals surface area contributed by atoms with Gasteiger partial charge >= 0.3 is 0 Å². The van der Waals surface area contributed by atoms with Crippen LogP contribution in [0.25, 0.3) is 0 Å². The molecule has 1 aromatic carbocycles. The Hall–Kier alpha value is -2.43. The molecule has 0 aliphatic carbocycles. The van der Waals surface area contributed by atoms with Crippen molar-refractivity contribution in [2.75, 3.05) is 17.7 Å². The van der Waals surface area contributed by atoms with Crippen molar-refractivity contribution < 1.29 is 9.90 Å². The van der Waals surface area contributed by atoms with Gasteiger partial charge in [-0.05, 0) is 24.0 Å². The molecule has 0 unspecified atom stereocenters. The molecule has 0 aliphatic rings. The number of hydrogen-bond donors (Lipinski definition) is 3. The first-order chi connectivity index (χ1) is 13.7. The summed E-state index contributed by atoms with van der Waals surface area (Å²) in [5.74, 6) is -0.166. The van der Waals surface area contributed by atoms with E-state index in [0.29, 0.717) is 5.13 Å². The number of carbonyl (C=O) groups is 1. The Labute approximate surface area is 171 Å². The molecule has 3 N–H and O–H groups in total. The third-order valence-corrected chi connectivity index (χ3v) is 5.96. The molecule has 28 heavy (non-hydrogen) atoms. The maximum atomic E-state index is 12.2. The van der Waals surface area contributed by atoms with Gasteiger partial charge in [-0.2, -0.15) is 0 Å². The zero-order chi connectivity index (χ0) is 19.8. The summed E-state index contributed by atoms with van der Waals surface area (Å²) in [6, 6.07) is 7.35. The second-order valence-corrected chi connectivity index (χ2v) is 8.23. The highest BCUT2D eigenvalue weighted by molar-refractivity contribution is 7.15. The Morgan fingerprint density at radius 2 is 1.57 bits per heavy atom. The first-order valence-electron chi connectivity index (χ1n) is 8.98. The summed E-state index contributed by atoms with van der Waals surface area (Å²) in [4.78, 5) is 12.2. The zero-order valence-corrected chi connectivity index (χ0v) is 17.1. The van der Waals surface area contributed by atoms with Crippen LogP contribution in [-0.2, 0) is 30.7 Å². The van der Waals surface area contributed by atoms with Crippen LogP contribution in [0, 0.1) is 0 Å². The van der Waals surface area contributed by atoms with Crippen molar-refractivity contribution in [2.45, 2.75) is 38.7 Å². The average molecular weight is 419 g/mol. The van der Waals surface area contributed by atoms with Crippen LogP contribution in [0.2, 0.25) is 0 Å². The number of nitrogens with one attached hydrogen (secondary N) is 2. The number of aliphatic hydroxyl groups is 1. The van der Waals surface area contributed by atoms with E-state index in [1.165, 1.54) is 11.3 Å². The Morgan fingerprint density at radius 1 is 0.964 bits per heavy atom. The number of aryl methyl sites for hydroxylation is 2. The van der Waals surface area contributed by atoms with Crippen LogP contribution in [0.1, 0.15) is 34.0 Å². The maximum absolute atomic E-state index is 12.2. The Morgan fingerprint density at radius 3 is 2.18 bits per heavy atom. The van der Waals surface area contributed by atoms with E-state index in [0.717, 1.165) is 52.0 Å². The first-order valence-corrected chi connectivity index (χ1v) is 10.6. The Balaban J connectivity index is 1.42. The number of nitrogens with zero attached hydrogens (tertiary/aromatic N) is 4. The van der Waals surface area contributed by atoms with Gasteiger partial charge in [0.05, 0.1) is 13.0 Å². The first kappa shape index (κ1) is 20.3. The molecule has 0 spiro atoms. The molecule has 0 aliphatic heterocycles. The summed E-state index contributed by atoms with van der Waals surface area (Å²) in [6.07, 6.45) is 3.88. The Kier molecular flexibility index (Phi) is 7.40. The van der Waals surface area contributed by atoms with E-state index in [4.69, 9.17) is 0 Å². The van der Waals surface area contributed by atoms with Crippen molar-refractivity contribution in [3.05, 3.63) is 45.4 Å². The topological polar surface area (TPSA) is 113 Å². The van der Waals surface area contributed by atoms with Crippen molar-refractivity contribution in [2.24, 2.45) is 0 Å². The summed E-state index contributed by atoms with van der Waals surface area (Å²) in [5.41, 5.74) is 1.57. The van der Waals surface area contributed by atoms with E-state index < -0.39 is 0 Å². The highest BCUT2D eigenvalue weighted by Gasteiger charge is 2.11. The van der Waals surface area contributed by atoms with E-state index in [9.17, 15) is 9.90 Å². The molecular formula is C18H22N6O2S2. The second-order valence-electron chi connectivity index (χ2n) is 6.11. The summed E-state index contributed by atoms with van der Waals surface area (Å²) in [6.45, 7) is -0.0836. The van der Waals surface area contributed by atoms with E-state index in [-0.39, 0.29) is 18.9 Å². The molecule has 0 saturated heterocycles. The average Bonchev–Trinajstić information content (AvgIpc) is 3.35. The fourth-order valence-electron chi connectivity index (χ4n) is 2.63.